The van der Waals surface area contributed by atoms with Crippen molar-refractivity contribution in [1.82, 2.24) is 4.72 Å². The van der Waals surface area contributed by atoms with Crippen molar-refractivity contribution in [2.45, 2.75) is 32.9 Å². The molecule has 0 aromatic heterocycles. The van der Waals surface area contributed by atoms with Crippen LogP contribution in [0.15, 0.2) is 0 Å². The third-order valence-corrected chi connectivity index (χ3v) is 3.12. The second kappa shape index (κ2) is 4.07. The first-order valence-electron chi connectivity index (χ1n) is 3.84. The molecule has 68 valence electrons. The molecule has 0 saturated heterocycles. The van der Waals surface area contributed by atoms with E-state index in [0.717, 1.165) is 0 Å². The van der Waals surface area contributed by atoms with Gasteiger partial charge in [-0.2, -0.15) is 0 Å². The standard InChI is InChI=1S/C7H17NO2S/c1-6(2)5-8-11(9,10)7(3)4/h6-8H,5H2,1-4H3. The highest BCUT2D eigenvalue weighted by Crippen LogP contribution is 1.97. The number of nitrogens with one attached hydrogen (secondary N) is 1. The normalized spacial score (nSPS) is 12.9. The molecule has 0 radical (unpaired) electrons. The minimum absolute atomic E-state index is 0.332. The maximum absolute atomic E-state index is 11.1. The van der Waals surface area contributed by atoms with Gasteiger partial charge in [0.25, 0.3) is 0 Å². The summed E-state index contributed by atoms with van der Waals surface area (Å²) >= 11 is 0. The molecule has 0 fully saturated rings. The molecular formula is C7H17NO2S. The molecule has 0 bridgehead atoms. The minimum Gasteiger partial charge on any atom is -0.215 e. The second-order valence-corrected chi connectivity index (χ2v) is 5.66. The van der Waals surface area contributed by atoms with Crippen LogP contribution in [-0.2, 0) is 10.0 Å². The molecule has 0 rings (SSSR count). The van der Waals surface area contributed by atoms with Crippen molar-refractivity contribution in [2.24, 2.45) is 5.92 Å². The van der Waals surface area contributed by atoms with Gasteiger partial charge in [-0.15, -0.1) is 0 Å². The Morgan fingerprint density at radius 2 is 1.64 bits per heavy atom. The minimum atomic E-state index is -3.04. The van der Waals surface area contributed by atoms with Gasteiger partial charge in [0, 0.05) is 6.54 Å². The molecule has 11 heavy (non-hydrogen) atoms. The summed E-state index contributed by atoms with van der Waals surface area (Å²) in [6.45, 7) is 7.82. The lowest BCUT2D eigenvalue weighted by Crippen LogP contribution is -2.33. The van der Waals surface area contributed by atoms with Crippen LogP contribution in [0, 0.1) is 5.92 Å². The summed E-state index contributed by atoms with van der Waals surface area (Å²) in [6, 6.07) is 0. The summed E-state index contributed by atoms with van der Waals surface area (Å²) in [7, 11) is -3.04. The second-order valence-electron chi connectivity index (χ2n) is 3.34. The molecular weight excluding hydrogens is 162 g/mol. The van der Waals surface area contributed by atoms with Crippen LogP contribution in [-0.4, -0.2) is 20.2 Å². The first-order chi connectivity index (χ1) is 4.86. The van der Waals surface area contributed by atoms with Gasteiger partial charge >= 0.3 is 0 Å². The fraction of sp³-hybridized carbons (Fsp3) is 1.00. The first-order valence-corrected chi connectivity index (χ1v) is 5.39. The highest BCUT2D eigenvalue weighted by molar-refractivity contribution is 7.90. The topological polar surface area (TPSA) is 46.2 Å². The zero-order valence-corrected chi connectivity index (χ0v) is 8.40. The zero-order chi connectivity index (χ0) is 9.07. The van der Waals surface area contributed by atoms with Gasteiger partial charge in [0.2, 0.25) is 10.0 Å². The van der Waals surface area contributed by atoms with Gasteiger partial charge in [-0.1, -0.05) is 13.8 Å². The van der Waals surface area contributed by atoms with E-state index in [1.807, 2.05) is 13.8 Å². The highest BCUT2D eigenvalue weighted by atomic mass is 32.2. The van der Waals surface area contributed by atoms with E-state index in [2.05, 4.69) is 4.72 Å². The molecule has 1 N–H and O–H groups in total. The molecule has 0 aliphatic carbocycles. The number of sulfonamides is 1. The molecule has 0 aromatic carbocycles. The van der Waals surface area contributed by atoms with E-state index in [0.29, 0.717) is 12.5 Å². The predicted molar refractivity (Wildman–Crippen MR) is 46.9 cm³/mol. The fourth-order valence-electron chi connectivity index (χ4n) is 0.449. The van der Waals surface area contributed by atoms with Crippen molar-refractivity contribution in [2.75, 3.05) is 6.54 Å². The maximum atomic E-state index is 11.1. The quantitative estimate of drug-likeness (QED) is 0.699. The molecule has 0 saturated carbocycles. The van der Waals surface area contributed by atoms with E-state index in [4.69, 9.17) is 0 Å². The Morgan fingerprint density at radius 3 is 1.91 bits per heavy atom. The summed E-state index contributed by atoms with van der Waals surface area (Å²) in [5.41, 5.74) is 0. The first kappa shape index (κ1) is 10.9. The summed E-state index contributed by atoms with van der Waals surface area (Å²) in [6.07, 6.45) is 0. The van der Waals surface area contributed by atoms with E-state index >= 15 is 0 Å². The lowest BCUT2D eigenvalue weighted by molar-refractivity contribution is 0.552. The molecule has 0 unspecified atom stereocenters. The third-order valence-electron chi connectivity index (χ3n) is 1.31. The van der Waals surface area contributed by atoms with Crippen LogP contribution in [0.1, 0.15) is 27.7 Å². The maximum Gasteiger partial charge on any atom is 0.213 e. The average Bonchev–Trinajstić information content (AvgIpc) is 1.84. The Labute approximate surface area is 69.2 Å². The predicted octanol–water partition coefficient (Wildman–Crippen LogP) is 0.970. The molecule has 0 aliphatic rings. The SMILES string of the molecule is CC(C)CNS(=O)(=O)C(C)C. The summed E-state index contributed by atoms with van der Waals surface area (Å²) in [5.74, 6) is 0.364. The monoisotopic (exact) mass is 179 g/mol. The number of hydrogen-bond donors (Lipinski definition) is 1. The van der Waals surface area contributed by atoms with Crippen molar-refractivity contribution in [3.05, 3.63) is 0 Å². The summed E-state index contributed by atoms with van der Waals surface area (Å²) in [4.78, 5) is 0. The molecule has 4 heteroatoms. The number of rotatable bonds is 4. The summed E-state index contributed by atoms with van der Waals surface area (Å²) < 4.78 is 24.8. The zero-order valence-electron chi connectivity index (χ0n) is 7.59. The van der Waals surface area contributed by atoms with Gasteiger partial charge in [-0.3, -0.25) is 0 Å². The van der Waals surface area contributed by atoms with Crippen LogP contribution in [0.5, 0.6) is 0 Å². The fourth-order valence-corrected chi connectivity index (χ4v) is 1.35. The van der Waals surface area contributed by atoms with Crippen molar-refractivity contribution in [3.63, 3.8) is 0 Å². The van der Waals surface area contributed by atoms with Crippen molar-refractivity contribution < 1.29 is 8.42 Å². The van der Waals surface area contributed by atoms with Crippen LogP contribution in [0.25, 0.3) is 0 Å². The summed E-state index contributed by atoms with van der Waals surface area (Å²) in [5, 5.41) is -0.332. The Morgan fingerprint density at radius 1 is 1.18 bits per heavy atom. The van der Waals surface area contributed by atoms with E-state index in [-0.39, 0.29) is 5.25 Å². The molecule has 0 heterocycles. The van der Waals surface area contributed by atoms with Gasteiger partial charge in [0.15, 0.2) is 0 Å². The molecule has 0 aromatic rings. The van der Waals surface area contributed by atoms with Gasteiger partial charge in [0.1, 0.15) is 0 Å². The van der Waals surface area contributed by atoms with Crippen LogP contribution < -0.4 is 4.72 Å². The molecule has 3 nitrogen and oxygen atoms in total. The van der Waals surface area contributed by atoms with Gasteiger partial charge in [-0.25, -0.2) is 13.1 Å². The highest BCUT2D eigenvalue weighted by Gasteiger charge is 2.14. The van der Waals surface area contributed by atoms with Crippen LogP contribution in [0.2, 0.25) is 0 Å². The van der Waals surface area contributed by atoms with Gasteiger partial charge < -0.3 is 0 Å². The smallest absolute Gasteiger partial charge is 0.213 e. The Balaban J connectivity index is 3.95. The molecule has 0 aliphatic heterocycles. The molecule has 0 atom stereocenters. The van der Waals surface area contributed by atoms with E-state index in [9.17, 15) is 8.42 Å². The third kappa shape index (κ3) is 4.37. The number of hydrogen-bond acceptors (Lipinski definition) is 2. The Bertz CT molecular complexity index is 194. The lowest BCUT2D eigenvalue weighted by Gasteiger charge is -2.10. The Kier molecular flexibility index (Phi) is 4.03. The van der Waals surface area contributed by atoms with Gasteiger partial charge in [0.05, 0.1) is 5.25 Å². The van der Waals surface area contributed by atoms with Gasteiger partial charge in [-0.05, 0) is 19.8 Å². The lowest BCUT2D eigenvalue weighted by atomic mass is 10.2. The largest absolute Gasteiger partial charge is 0.215 e. The van der Waals surface area contributed by atoms with Crippen LogP contribution in [0.3, 0.4) is 0 Å². The van der Waals surface area contributed by atoms with Crippen molar-refractivity contribution in [3.8, 4) is 0 Å². The van der Waals surface area contributed by atoms with E-state index in [1.54, 1.807) is 13.8 Å². The molecule has 0 spiro atoms. The van der Waals surface area contributed by atoms with Crippen LogP contribution in [0.4, 0.5) is 0 Å². The Hall–Kier alpha value is -0.0900. The van der Waals surface area contributed by atoms with E-state index in [1.165, 1.54) is 0 Å². The molecule has 0 amide bonds. The van der Waals surface area contributed by atoms with Crippen LogP contribution >= 0.6 is 0 Å². The van der Waals surface area contributed by atoms with E-state index < -0.39 is 10.0 Å². The average molecular weight is 179 g/mol. The van der Waals surface area contributed by atoms with Crippen molar-refractivity contribution >= 4 is 10.0 Å². The van der Waals surface area contributed by atoms with Crippen molar-refractivity contribution in [1.29, 1.82) is 0 Å².